The molecule has 0 atom stereocenters. The molecule has 0 radical (unpaired) electrons. The van der Waals surface area contributed by atoms with E-state index in [9.17, 15) is 14.8 Å². The van der Waals surface area contributed by atoms with E-state index in [2.05, 4.69) is 4.74 Å². The average molecular weight is 222 g/mol. The molecule has 0 saturated carbocycles. The van der Waals surface area contributed by atoms with Gasteiger partial charge in [0.05, 0.1) is 13.5 Å². The molecule has 0 unspecified atom stereocenters. The molecule has 2 heterocycles. The molecule has 6 nitrogen and oxygen atoms in total. The number of methoxy groups -OCH3 is 1. The van der Waals surface area contributed by atoms with Crippen molar-refractivity contribution in [1.82, 2.24) is 4.90 Å². The monoisotopic (exact) mass is 222 g/mol. The lowest BCUT2D eigenvalue weighted by Gasteiger charge is -2.24. The summed E-state index contributed by atoms with van der Waals surface area (Å²) in [5.74, 6) is -0.488. The zero-order valence-electron chi connectivity index (χ0n) is 8.67. The van der Waals surface area contributed by atoms with Crippen molar-refractivity contribution < 1.29 is 19.1 Å². The number of aromatic nitrogens is 1. The van der Waals surface area contributed by atoms with E-state index in [4.69, 9.17) is 0 Å². The average Bonchev–Trinajstić information content (AvgIpc) is 2.30. The van der Waals surface area contributed by atoms with Gasteiger partial charge < -0.3 is 9.94 Å². The largest absolute Gasteiger partial charge is 0.618 e. The van der Waals surface area contributed by atoms with E-state index in [1.54, 1.807) is 0 Å². The molecule has 1 aliphatic heterocycles. The Balaban J connectivity index is 2.40. The fraction of sp³-hybridized carbons (Fsp3) is 0.300. The van der Waals surface area contributed by atoms with Crippen LogP contribution in [0.5, 0.6) is 0 Å². The van der Waals surface area contributed by atoms with Crippen LogP contribution in [0.4, 0.5) is 4.79 Å². The summed E-state index contributed by atoms with van der Waals surface area (Å²) in [5.41, 5.74) is 0.654. The second-order valence-electron chi connectivity index (χ2n) is 3.37. The highest BCUT2D eigenvalue weighted by Gasteiger charge is 2.33. The molecule has 0 fully saturated rings. The molecule has 1 aromatic heterocycles. The summed E-state index contributed by atoms with van der Waals surface area (Å²) in [6, 6.07) is 3.01. The second-order valence-corrected chi connectivity index (χ2v) is 3.37. The van der Waals surface area contributed by atoms with Crippen molar-refractivity contribution in [1.29, 1.82) is 0 Å². The van der Waals surface area contributed by atoms with E-state index in [0.717, 1.165) is 4.90 Å². The SMILES string of the molecule is COC(=O)N1CCc2c(ccc[n+]2[O-])C1=O. The maximum absolute atomic E-state index is 11.8. The molecule has 1 aliphatic rings. The quantitative estimate of drug-likeness (QED) is 0.460. The number of pyridine rings is 1. The van der Waals surface area contributed by atoms with Gasteiger partial charge in [0, 0.05) is 12.6 Å². The highest BCUT2D eigenvalue weighted by molar-refractivity contribution is 6.04. The maximum atomic E-state index is 11.8. The summed E-state index contributed by atoms with van der Waals surface area (Å²) in [7, 11) is 1.21. The Labute approximate surface area is 91.6 Å². The molecular weight excluding hydrogens is 212 g/mol. The molecule has 0 saturated heterocycles. The fourth-order valence-corrected chi connectivity index (χ4v) is 1.71. The first kappa shape index (κ1) is 10.4. The van der Waals surface area contributed by atoms with Crippen LogP contribution in [0.2, 0.25) is 0 Å². The Morgan fingerprint density at radius 2 is 2.38 bits per heavy atom. The number of carbonyl (C=O) groups is 2. The van der Waals surface area contributed by atoms with Crippen LogP contribution in [0.25, 0.3) is 0 Å². The third kappa shape index (κ3) is 1.48. The van der Waals surface area contributed by atoms with Crippen LogP contribution < -0.4 is 4.73 Å². The van der Waals surface area contributed by atoms with Crippen LogP contribution in [0.1, 0.15) is 16.1 Å². The lowest BCUT2D eigenvalue weighted by Crippen LogP contribution is -2.47. The molecule has 16 heavy (non-hydrogen) atoms. The van der Waals surface area contributed by atoms with E-state index in [-0.39, 0.29) is 12.1 Å². The smallest absolute Gasteiger partial charge is 0.416 e. The van der Waals surface area contributed by atoms with Gasteiger partial charge in [-0.05, 0) is 6.07 Å². The lowest BCUT2D eigenvalue weighted by molar-refractivity contribution is -0.614. The Morgan fingerprint density at radius 3 is 3.06 bits per heavy atom. The second kappa shape index (κ2) is 3.80. The lowest BCUT2D eigenvalue weighted by atomic mass is 10.1. The standard InChI is InChI=1S/C10H10N2O4/c1-16-10(14)11-6-4-8-7(9(11)13)3-2-5-12(8)15/h2-3,5H,4,6H2,1H3. The third-order valence-corrected chi connectivity index (χ3v) is 2.50. The van der Waals surface area contributed by atoms with E-state index in [1.165, 1.54) is 25.4 Å². The minimum atomic E-state index is -0.697. The molecule has 2 amide bonds. The number of ether oxygens (including phenoxy) is 1. The summed E-state index contributed by atoms with van der Waals surface area (Å²) < 4.78 is 5.14. The molecule has 0 spiro atoms. The number of rotatable bonds is 0. The minimum Gasteiger partial charge on any atom is -0.618 e. The first-order valence-electron chi connectivity index (χ1n) is 4.76. The summed E-state index contributed by atoms with van der Waals surface area (Å²) in [5, 5.41) is 11.4. The molecule has 2 rings (SSSR count). The fourth-order valence-electron chi connectivity index (χ4n) is 1.71. The van der Waals surface area contributed by atoms with Crippen LogP contribution in [0.15, 0.2) is 18.3 Å². The number of nitrogens with zero attached hydrogens (tertiary/aromatic N) is 2. The molecule has 1 aromatic rings. The summed E-state index contributed by atoms with van der Waals surface area (Å²) in [6.45, 7) is 0.171. The van der Waals surface area contributed by atoms with Crippen molar-refractivity contribution >= 4 is 12.0 Å². The van der Waals surface area contributed by atoms with Crippen LogP contribution >= 0.6 is 0 Å². The first-order chi connectivity index (χ1) is 7.65. The molecule has 84 valence electrons. The molecule has 6 heteroatoms. The van der Waals surface area contributed by atoms with Gasteiger partial charge in [0.25, 0.3) is 5.91 Å². The van der Waals surface area contributed by atoms with Gasteiger partial charge in [-0.15, -0.1) is 0 Å². The third-order valence-electron chi connectivity index (χ3n) is 2.50. The van der Waals surface area contributed by atoms with Crippen LogP contribution in [-0.2, 0) is 11.2 Å². The zero-order valence-corrected chi connectivity index (χ0v) is 8.67. The molecular formula is C10H10N2O4. The highest BCUT2D eigenvalue weighted by Crippen LogP contribution is 2.15. The number of amides is 2. The minimum absolute atomic E-state index is 0.171. The van der Waals surface area contributed by atoms with Crippen molar-refractivity contribution in [3.05, 3.63) is 34.8 Å². The number of hydrogen-bond donors (Lipinski definition) is 0. The van der Waals surface area contributed by atoms with Crippen molar-refractivity contribution in [2.24, 2.45) is 0 Å². The van der Waals surface area contributed by atoms with Crippen LogP contribution in [0.3, 0.4) is 0 Å². The number of hydrogen-bond acceptors (Lipinski definition) is 4. The van der Waals surface area contributed by atoms with Crippen molar-refractivity contribution in [3.63, 3.8) is 0 Å². The molecule has 0 bridgehead atoms. The number of imide groups is 1. The van der Waals surface area contributed by atoms with Gasteiger partial charge in [0.1, 0.15) is 5.56 Å². The topological polar surface area (TPSA) is 73.6 Å². The van der Waals surface area contributed by atoms with Crippen LogP contribution in [-0.4, -0.2) is 30.6 Å². The predicted molar refractivity (Wildman–Crippen MR) is 52.5 cm³/mol. The van der Waals surface area contributed by atoms with Crippen molar-refractivity contribution in [2.45, 2.75) is 6.42 Å². The van der Waals surface area contributed by atoms with Gasteiger partial charge in [-0.25, -0.2) is 9.69 Å². The van der Waals surface area contributed by atoms with E-state index >= 15 is 0 Å². The van der Waals surface area contributed by atoms with E-state index < -0.39 is 12.0 Å². The molecule has 0 aliphatic carbocycles. The summed E-state index contributed by atoms with van der Waals surface area (Å²) >= 11 is 0. The Morgan fingerprint density at radius 1 is 1.62 bits per heavy atom. The van der Waals surface area contributed by atoms with Gasteiger partial charge in [-0.3, -0.25) is 4.79 Å². The predicted octanol–water partition coefficient (Wildman–Crippen LogP) is 0.0847. The first-order valence-corrected chi connectivity index (χ1v) is 4.76. The van der Waals surface area contributed by atoms with E-state index in [1.807, 2.05) is 0 Å². The van der Waals surface area contributed by atoms with E-state index in [0.29, 0.717) is 16.8 Å². The summed E-state index contributed by atoms with van der Waals surface area (Å²) in [4.78, 5) is 24.1. The Kier molecular flexibility index (Phi) is 2.47. The summed E-state index contributed by atoms with van der Waals surface area (Å²) in [6.07, 6.45) is 0.984. The van der Waals surface area contributed by atoms with Gasteiger partial charge in [-0.1, -0.05) is 0 Å². The number of carbonyl (C=O) groups excluding carboxylic acids is 2. The zero-order chi connectivity index (χ0) is 11.7. The Hall–Kier alpha value is -2.11. The normalized spacial score (nSPS) is 14.6. The van der Waals surface area contributed by atoms with Crippen molar-refractivity contribution in [2.75, 3.05) is 13.7 Å². The molecule has 0 N–H and O–H groups in total. The van der Waals surface area contributed by atoms with Gasteiger partial charge in [-0.2, -0.15) is 4.73 Å². The van der Waals surface area contributed by atoms with Gasteiger partial charge in [0.2, 0.25) is 5.69 Å². The van der Waals surface area contributed by atoms with Gasteiger partial charge in [0.15, 0.2) is 6.20 Å². The maximum Gasteiger partial charge on any atom is 0.416 e. The van der Waals surface area contributed by atoms with Crippen LogP contribution in [0, 0.1) is 5.21 Å². The number of fused-ring (bicyclic) bond motifs is 1. The van der Waals surface area contributed by atoms with Crippen molar-refractivity contribution in [3.8, 4) is 0 Å². The highest BCUT2D eigenvalue weighted by atomic mass is 16.5. The Bertz CT molecular complexity index is 458. The molecule has 0 aromatic carbocycles. The van der Waals surface area contributed by atoms with Gasteiger partial charge >= 0.3 is 6.09 Å².